The van der Waals surface area contributed by atoms with Crippen LogP contribution in [0.15, 0.2) is 6.07 Å². The van der Waals surface area contributed by atoms with Gasteiger partial charge in [0, 0.05) is 18.2 Å². The maximum Gasteiger partial charge on any atom is 0.268 e. The van der Waals surface area contributed by atoms with Crippen LogP contribution < -0.4 is 5.32 Å². The number of rotatable bonds is 5. The van der Waals surface area contributed by atoms with Gasteiger partial charge in [0.05, 0.1) is 6.10 Å². The minimum absolute atomic E-state index is 0.0183. The SMILES string of the molecule is Cc1cc(C)c(C(=O)NC[C@H]2CC[C@@H](c3nc(C4CC4)n[nH]3)O2)[nH]1. The van der Waals surface area contributed by atoms with Crippen molar-refractivity contribution in [2.45, 2.75) is 57.7 Å². The fourth-order valence-electron chi connectivity index (χ4n) is 3.27. The summed E-state index contributed by atoms with van der Waals surface area (Å²) in [5.41, 5.74) is 2.59. The number of aromatic nitrogens is 4. The normalized spacial score (nSPS) is 23.6. The maximum absolute atomic E-state index is 12.2. The molecule has 4 rings (SSSR count). The van der Waals surface area contributed by atoms with Gasteiger partial charge in [-0.1, -0.05) is 0 Å². The third kappa shape index (κ3) is 3.08. The number of amides is 1. The number of aromatic amines is 2. The van der Waals surface area contributed by atoms with E-state index >= 15 is 0 Å². The molecule has 2 aromatic heterocycles. The van der Waals surface area contributed by atoms with Crippen molar-refractivity contribution in [3.05, 3.63) is 34.7 Å². The summed E-state index contributed by atoms with van der Waals surface area (Å²) >= 11 is 0. The molecule has 7 heteroatoms. The summed E-state index contributed by atoms with van der Waals surface area (Å²) < 4.78 is 6.02. The van der Waals surface area contributed by atoms with E-state index in [0.29, 0.717) is 18.2 Å². The number of nitrogens with zero attached hydrogens (tertiary/aromatic N) is 2. The van der Waals surface area contributed by atoms with Crippen molar-refractivity contribution in [1.82, 2.24) is 25.5 Å². The average Bonchev–Trinajstić information content (AvgIpc) is 2.98. The Bertz CT molecular complexity index is 746. The summed E-state index contributed by atoms with van der Waals surface area (Å²) in [6.45, 7) is 4.39. The highest BCUT2D eigenvalue weighted by Gasteiger charge is 2.32. The van der Waals surface area contributed by atoms with Gasteiger partial charge in [-0.15, -0.1) is 0 Å². The lowest BCUT2D eigenvalue weighted by Gasteiger charge is -2.13. The van der Waals surface area contributed by atoms with Crippen LogP contribution in [-0.2, 0) is 4.74 Å². The van der Waals surface area contributed by atoms with Gasteiger partial charge in [0.15, 0.2) is 11.6 Å². The van der Waals surface area contributed by atoms with Gasteiger partial charge < -0.3 is 15.0 Å². The molecule has 3 N–H and O–H groups in total. The first-order chi connectivity index (χ1) is 11.6. The minimum Gasteiger partial charge on any atom is -0.365 e. The lowest BCUT2D eigenvalue weighted by molar-refractivity contribution is 0.0391. The van der Waals surface area contributed by atoms with E-state index in [9.17, 15) is 4.79 Å². The van der Waals surface area contributed by atoms with Crippen LogP contribution in [0.3, 0.4) is 0 Å². The van der Waals surface area contributed by atoms with E-state index < -0.39 is 0 Å². The van der Waals surface area contributed by atoms with Crippen molar-refractivity contribution in [3.8, 4) is 0 Å². The molecule has 0 unspecified atom stereocenters. The highest BCUT2D eigenvalue weighted by molar-refractivity contribution is 5.94. The second-order valence-electron chi connectivity index (χ2n) is 6.90. The van der Waals surface area contributed by atoms with Crippen molar-refractivity contribution in [2.24, 2.45) is 0 Å². The standard InChI is InChI=1S/C17H23N5O2/c1-9-7-10(2)19-14(9)17(23)18-8-12-5-6-13(24-12)16-20-15(21-22-16)11-3-4-11/h7,11-13,19H,3-6,8H2,1-2H3,(H,18,23)(H,20,21,22)/t12-,13+/m1/s1. The molecule has 128 valence electrons. The van der Waals surface area contributed by atoms with Crippen molar-refractivity contribution < 1.29 is 9.53 Å². The number of aryl methyl sites for hydroxylation is 2. The number of carbonyl (C=O) groups excluding carboxylic acids is 1. The predicted octanol–water partition coefficient (Wildman–Crippen LogP) is 2.28. The van der Waals surface area contributed by atoms with E-state index in [-0.39, 0.29) is 18.1 Å². The zero-order valence-corrected chi connectivity index (χ0v) is 14.1. The molecular formula is C17H23N5O2. The lowest BCUT2D eigenvalue weighted by atomic mass is 10.2. The van der Waals surface area contributed by atoms with Gasteiger partial charge in [-0.3, -0.25) is 9.89 Å². The predicted molar refractivity (Wildman–Crippen MR) is 87.8 cm³/mol. The van der Waals surface area contributed by atoms with E-state index in [1.165, 1.54) is 12.8 Å². The first-order valence-corrected chi connectivity index (χ1v) is 8.62. The molecule has 24 heavy (non-hydrogen) atoms. The third-order valence-electron chi connectivity index (χ3n) is 4.74. The fourth-order valence-corrected chi connectivity index (χ4v) is 3.27. The van der Waals surface area contributed by atoms with Crippen molar-refractivity contribution in [1.29, 1.82) is 0 Å². The second kappa shape index (κ2) is 6.05. The molecule has 1 saturated heterocycles. The lowest BCUT2D eigenvalue weighted by Crippen LogP contribution is -2.32. The highest BCUT2D eigenvalue weighted by Crippen LogP contribution is 2.39. The molecule has 0 radical (unpaired) electrons. The fraction of sp³-hybridized carbons (Fsp3) is 0.588. The minimum atomic E-state index is -0.0802. The Hall–Kier alpha value is -2.15. The van der Waals surface area contributed by atoms with E-state index in [2.05, 4.69) is 25.5 Å². The molecular weight excluding hydrogens is 306 g/mol. The van der Waals surface area contributed by atoms with Crippen LogP contribution in [-0.4, -0.2) is 38.7 Å². The van der Waals surface area contributed by atoms with Gasteiger partial charge in [0.1, 0.15) is 11.8 Å². The van der Waals surface area contributed by atoms with Crippen LogP contribution in [0.4, 0.5) is 0 Å². The Balaban J connectivity index is 1.30. The van der Waals surface area contributed by atoms with Crippen LogP contribution in [0.5, 0.6) is 0 Å². The maximum atomic E-state index is 12.2. The monoisotopic (exact) mass is 329 g/mol. The van der Waals surface area contributed by atoms with Crippen molar-refractivity contribution >= 4 is 5.91 Å². The molecule has 7 nitrogen and oxygen atoms in total. The first kappa shape index (κ1) is 15.4. The summed E-state index contributed by atoms with van der Waals surface area (Å²) in [5, 5.41) is 10.3. The molecule has 0 aromatic carbocycles. The number of carbonyl (C=O) groups is 1. The molecule has 2 fully saturated rings. The van der Waals surface area contributed by atoms with Gasteiger partial charge in [-0.2, -0.15) is 5.10 Å². The second-order valence-corrected chi connectivity index (χ2v) is 6.90. The van der Waals surface area contributed by atoms with Crippen LogP contribution in [0.1, 0.15) is 71.1 Å². The van der Waals surface area contributed by atoms with Gasteiger partial charge in [0.2, 0.25) is 0 Å². The first-order valence-electron chi connectivity index (χ1n) is 8.62. The Kier molecular flexibility index (Phi) is 3.88. The molecule has 1 saturated carbocycles. The summed E-state index contributed by atoms with van der Waals surface area (Å²) in [6.07, 6.45) is 4.17. The van der Waals surface area contributed by atoms with E-state index in [4.69, 9.17) is 4.74 Å². The van der Waals surface area contributed by atoms with Gasteiger partial charge in [-0.25, -0.2) is 4.98 Å². The highest BCUT2D eigenvalue weighted by atomic mass is 16.5. The molecule has 3 heterocycles. The molecule has 0 bridgehead atoms. The molecule has 2 aliphatic rings. The number of H-pyrrole nitrogens is 2. The summed E-state index contributed by atoms with van der Waals surface area (Å²) in [7, 11) is 0. The zero-order valence-electron chi connectivity index (χ0n) is 14.1. The summed E-state index contributed by atoms with van der Waals surface area (Å²) in [4.78, 5) is 19.9. The van der Waals surface area contributed by atoms with Crippen LogP contribution >= 0.6 is 0 Å². The van der Waals surface area contributed by atoms with Crippen molar-refractivity contribution in [3.63, 3.8) is 0 Å². The number of hydrogen-bond donors (Lipinski definition) is 3. The quantitative estimate of drug-likeness (QED) is 0.784. The van der Waals surface area contributed by atoms with Crippen LogP contribution in [0, 0.1) is 13.8 Å². The number of nitrogens with one attached hydrogen (secondary N) is 3. The zero-order chi connectivity index (χ0) is 16.7. The third-order valence-corrected chi connectivity index (χ3v) is 4.74. The van der Waals surface area contributed by atoms with Gasteiger partial charge >= 0.3 is 0 Å². The number of ether oxygens (including phenoxy) is 1. The molecule has 2 aromatic rings. The van der Waals surface area contributed by atoms with Crippen LogP contribution in [0.2, 0.25) is 0 Å². The Morgan fingerprint density at radius 1 is 1.33 bits per heavy atom. The molecule has 2 atom stereocenters. The molecule has 1 aliphatic heterocycles. The van der Waals surface area contributed by atoms with Gasteiger partial charge in [0.25, 0.3) is 5.91 Å². The van der Waals surface area contributed by atoms with Crippen molar-refractivity contribution in [2.75, 3.05) is 6.54 Å². The van der Waals surface area contributed by atoms with E-state index in [0.717, 1.165) is 35.7 Å². The number of hydrogen-bond acceptors (Lipinski definition) is 4. The topological polar surface area (TPSA) is 95.7 Å². The largest absolute Gasteiger partial charge is 0.365 e. The summed E-state index contributed by atoms with van der Waals surface area (Å²) in [5.74, 6) is 2.20. The average molecular weight is 329 g/mol. The Labute approximate surface area is 140 Å². The van der Waals surface area contributed by atoms with E-state index in [1.807, 2.05) is 19.9 Å². The summed E-state index contributed by atoms with van der Waals surface area (Å²) in [6, 6.07) is 1.97. The van der Waals surface area contributed by atoms with E-state index in [1.54, 1.807) is 0 Å². The van der Waals surface area contributed by atoms with Gasteiger partial charge in [-0.05, 0) is 51.2 Å². The molecule has 1 aliphatic carbocycles. The molecule has 0 spiro atoms. The molecule has 1 amide bonds. The Morgan fingerprint density at radius 3 is 2.88 bits per heavy atom. The van der Waals surface area contributed by atoms with Crippen LogP contribution in [0.25, 0.3) is 0 Å². The smallest absolute Gasteiger partial charge is 0.268 e. The Morgan fingerprint density at radius 2 is 2.17 bits per heavy atom.